The van der Waals surface area contributed by atoms with Crippen LogP contribution in [0.3, 0.4) is 0 Å². The third-order valence-electron chi connectivity index (χ3n) is 3.80. The van der Waals surface area contributed by atoms with Crippen molar-refractivity contribution in [3.63, 3.8) is 0 Å². The van der Waals surface area contributed by atoms with Gasteiger partial charge in [-0.3, -0.25) is 4.79 Å². The zero-order chi connectivity index (χ0) is 19.7. The summed E-state index contributed by atoms with van der Waals surface area (Å²) in [5.41, 5.74) is 6.13. The molecule has 0 unspecified atom stereocenters. The molecule has 0 aliphatic heterocycles. The van der Waals surface area contributed by atoms with Gasteiger partial charge in [-0.2, -0.15) is 0 Å². The molecule has 2 aromatic rings. The fourth-order valence-corrected chi connectivity index (χ4v) is 2.93. The number of ketones is 1. The van der Waals surface area contributed by atoms with E-state index in [-0.39, 0.29) is 5.78 Å². The first-order valence-corrected chi connectivity index (χ1v) is 9.88. The molecule has 0 bridgehead atoms. The van der Waals surface area contributed by atoms with Crippen LogP contribution in [0.4, 0.5) is 0 Å². The molecule has 26 heavy (non-hydrogen) atoms. The Morgan fingerprint density at radius 1 is 0.923 bits per heavy atom. The molecule has 0 saturated carbocycles. The average molecular weight is 388 g/mol. The van der Waals surface area contributed by atoms with E-state index in [1.807, 2.05) is 38.1 Å². The van der Waals surface area contributed by atoms with E-state index in [1.54, 1.807) is 0 Å². The minimum absolute atomic E-state index is 0.146. The van der Waals surface area contributed by atoms with Crippen LogP contribution in [-0.4, -0.2) is 20.0 Å². The Kier molecular flexibility index (Phi) is 8.56. The van der Waals surface area contributed by atoms with Gasteiger partial charge in [-0.05, 0) is 43.9 Å². The zero-order valence-corrected chi connectivity index (χ0v) is 16.5. The second-order valence-electron chi connectivity index (χ2n) is 5.67. The molecule has 0 aliphatic carbocycles. The summed E-state index contributed by atoms with van der Waals surface area (Å²) in [6.07, 6.45) is 0.881. The van der Waals surface area contributed by atoms with Crippen LogP contribution in [0, 0.1) is 20.8 Å². The van der Waals surface area contributed by atoms with E-state index < -0.39 is 12.8 Å². The average Bonchev–Trinajstić information content (AvgIpc) is 2.62. The maximum absolute atomic E-state index is 12.8. The van der Waals surface area contributed by atoms with Gasteiger partial charge < -0.3 is 0 Å². The van der Waals surface area contributed by atoms with Crippen LogP contribution >= 0.6 is 0 Å². The summed E-state index contributed by atoms with van der Waals surface area (Å²) in [6, 6.07) is 12.0. The molecule has 2 aromatic carbocycles. The summed E-state index contributed by atoms with van der Waals surface area (Å²) in [4.78, 5) is 40.9. The Bertz CT molecular complexity index is 977. The van der Waals surface area contributed by atoms with Crippen LogP contribution in [0.2, 0.25) is 0 Å². The van der Waals surface area contributed by atoms with Crippen molar-refractivity contribution < 1.29 is 32.0 Å². The Morgan fingerprint density at radius 2 is 1.42 bits per heavy atom. The van der Waals surface area contributed by atoms with Crippen LogP contribution < -0.4 is 0 Å². The van der Waals surface area contributed by atoms with E-state index in [1.165, 1.54) is 19.8 Å². The van der Waals surface area contributed by atoms with Gasteiger partial charge in [0.1, 0.15) is 0 Å². The van der Waals surface area contributed by atoms with E-state index in [0.717, 1.165) is 34.2 Å². The van der Waals surface area contributed by atoms with Crippen molar-refractivity contribution in [1.82, 2.24) is 0 Å². The van der Waals surface area contributed by atoms with Gasteiger partial charge in [0, 0.05) is 11.1 Å². The van der Waals surface area contributed by atoms with Crippen molar-refractivity contribution in [2.24, 2.45) is 0 Å². The van der Waals surface area contributed by atoms with Gasteiger partial charge in [-0.1, -0.05) is 48.9 Å². The van der Waals surface area contributed by atoms with Gasteiger partial charge in [0.05, 0.1) is 0 Å². The maximum atomic E-state index is 12.8. The third kappa shape index (κ3) is 5.45. The molecule has 2 rings (SSSR count). The van der Waals surface area contributed by atoms with E-state index in [2.05, 4.69) is 26.0 Å². The van der Waals surface area contributed by atoms with E-state index >= 15 is 0 Å². The number of benzene rings is 2. The van der Waals surface area contributed by atoms with Crippen molar-refractivity contribution >= 4 is 20.0 Å². The molecule has 4 nitrogen and oxygen atoms in total. The molecule has 0 spiro atoms. The molecule has 0 fully saturated rings. The first kappa shape index (κ1) is 21.4. The number of aryl methyl sites for hydroxylation is 4. The van der Waals surface area contributed by atoms with Crippen molar-refractivity contribution in [3.05, 3.63) is 69.8 Å². The van der Waals surface area contributed by atoms with E-state index in [0.29, 0.717) is 0 Å². The topological polar surface area (TPSA) is 68.3 Å². The van der Waals surface area contributed by atoms with Crippen LogP contribution in [0.15, 0.2) is 36.4 Å². The molecule has 0 saturated heterocycles. The number of rotatable bonds is 3. The Morgan fingerprint density at radius 3 is 1.85 bits per heavy atom. The molecule has 0 aromatic heterocycles. The molecular formula is C21H20CrO4. The Labute approximate surface area is 156 Å². The van der Waals surface area contributed by atoms with Crippen LogP contribution in [0.1, 0.15) is 45.1 Å². The molecule has 0 aliphatic rings. The summed E-state index contributed by atoms with van der Waals surface area (Å²) >= 11 is -2.47. The molecule has 0 radical (unpaired) electrons. The Balaban J connectivity index is 0.000000412. The molecule has 134 valence electrons. The van der Waals surface area contributed by atoms with Gasteiger partial charge in [0.25, 0.3) is 0 Å². The first-order chi connectivity index (χ1) is 12.4. The standard InChI is InChI=1S/C18H20O.3CO.Cr/c1-5-15-8-6-7-9-16(15)18(19)17-13(3)10-12(2)11-14(17)4;3*1-2;/h6-11H,5H2,1-4H3;;;;. The van der Waals surface area contributed by atoms with Gasteiger partial charge in [0.15, 0.2) is 5.78 Å². The number of hydrogen-bond donors (Lipinski definition) is 0. The SMILES string of the molecule is CCc1ccccc1C(=O)c1c(C)cc(C)cc1C.O=[C]=[Cr](=[C]=O)=[C]=O. The summed E-state index contributed by atoms with van der Waals surface area (Å²) in [5.74, 6) is 0.146. The molecule has 5 heteroatoms. The first-order valence-electron chi connectivity index (χ1n) is 7.97. The van der Waals surface area contributed by atoms with Gasteiger partial charge in [-0.15, -0.1) is 0 Å². The van der Waals surface area contributed by atoms with Crippen molar-refractivity contribution in [2.75, 3.05) is 0 Å². The summed E-state index contributed by atoms with van der Waals surface area (Å²) in [6.45, 7) is 8.18. The van der Waals surface area contributed by atoms with Gasteiger partial charge in [0.2, 0.25) is 0 Å². The zero-order valence-electron chi connectivity index (χ0n) is 15.2. The molecule has 0 amide bonds. The van der Waals surface area contributed by atoms with Crippen LogP contribution in [0.25, 0.3) is 0 Å². The third-order valence-corrected chi connectivity index (χ3v) is 4.58. The summed E-state index contributed by atoms with van der Waals surface area (Å²) in [7, 11) is 0. The summed E-state index contributed by atoms with van der Waals surface area (Å²) < 4.78 is 3.69. The number of carbonyl (C=O) groups is 1. The molecular weight excluding hydrogens is 368 g/mol. The van der Waals surface area contributed by atoms with Crippen molar-refractivity contribution in [1.29, 1.82) is 0 Å². The normalized spacial score (nSPS) is 9.08. The molecule has 0 N–H and O–H groups in total. The van der Waals surface area contributed by atoms with Crippen LogP contribution in [-0.2, 0) is 33.6 Å². The quantitative estimate of drug-likeness (QED) is 0.758. The van der Waals surface area contributed by atoms with Crippen molar-refractivity contribution in [2.45, 2.75) is 34.1 Å². The fourth-order valence-electron chi connectivity index (χ4n) is 2.77. The summed E-state index contributed by atoms with van der Waals surface area (Å²) in [5, 5.41) is 0. The predicted molar refractivity (Wildman–Crippen MR) is 97.0 cm³/mol. The monoisotopic (exact) mass is 388 g/mol. The van der Waals surface area contributed by atoms with Crippen molar-refractivity contribution in [3.8, 4) is 0 Å². The van der Waals surface area contributed by atoms with Gasteiger partial charge >= 0.3 is 41.5 Å². The molecule has 0 heterocycles. The number of carbonyl (C=O) groups excluding carboxylic acids is 4. The van der Waals surface area contributed by atoms with Crippen LogP contribution in [0.5, 0.6) is 0 Å². The van der Waals surface area contributed by atoms with Gasteiger partial charge in [-0.25, -0.2) is 0 Å². The minimum atomic E-state index is -2.47. The molecule has 0 atom stereocenters. The Hall–Kier alpha value is -2.62. The second-order valence-corrected chi connectivity index (χ2v) is 7.41. The second kappa shape index (κ2) is 10.4. The predicted octanol–water partition coefficient (Wildman–Crippen LogP) is 3.21. The fraction of sp³-hybridized carbons (Fsp3) is 0.238. The number of hydrogen-bond acceptors (Lipinski definition) is 4. The van der Waals surface area contributed by atoms with E-state index in [9.17, 15) is 19.2 Å². The van der Waals surface area contributed by atoms with E-state index in [4.69, 9.17) is 0 Å².